The van der Waals surface area contributed by atoms with Crippen LogP contribution in [0.5, 0.6) is 0 Å². The smallest absolute Gasteiger partial charge is 0.274 e. The maximum absolute atomic E-state index is 11.9. The summed E-state index contributed by atoms with van der Waals surface area (Å²) in [6.07, 6.45) is 3.86. The lowest BCUT2D eigenvalue weighted by atomic mass is 10.2. The first-order valence-electron chi connectivity index (χ1n) is 5.22. The van der Waals surface area contributed by atoms with Crippen LogP contribution in [0.1, 0.15) is 23.8 Å². The highest BCUT2D eigenvalue weighted by Gasteiger charge is 2.27. The topological polar surface area (TPSA) is 78.1 Å². The molecule has 0 spiro atoms. The summed E-state index contributed by atoms with van der Waals surface area (Å²) >= 11 is 0. The standard InChI is InChI=1S/C10H14N4O2/c1-7(15)13-8-2-3-14(5-8)10(16)9-4-11-6-12-9/h4,6,8H,2-3,5H2,1H3,(H,11,12)(H,13,15). The molecule has 16 heavy (non-hydrogen) atoms. The first-order chi connectivity index (χ1) is 7.66. The summed E-state index contributed by atoms with van der Waals surface area (Å²) in [6, 6.07) is 0.0698. The van der Waals surface area contributed by atoms with Crippen LogP contribution in [0.4, 0.5) is 0 Å². The second-order valence-electron chi connectivity index (χ2n) is 3.89. The van der Waals surface area contributed by atoms with E-state index in [0.717, 1.165) is 6.42 Å². The summed E-state index contributed by atoms with van der Waals surface area (Å²) in [5, 5.41) is 2.81. The van der Waals surface area contributed by atoms with E-state index in [0.29, 0.717) is 18.8 Å². The molecule has 0 radical (unpaired) electrons. The van der Waals surface area contributed by atoms with E-state index in [1.54, 1.807) is 11.1 Å². The molecule has 1 aliphatic heterocycles. The van der Waals surface area contributed by atoms with Crippen molar-refractivity contribution >= 4 is 11.8 Å². The van der Waals surface area contributed by atoms with Gasteiger partial charge in [0.25, 0.3) is 5.91 Å². The largest absolute Gasteiger partial charge is 0.352 e. The van der Waals surface area contributed by atoms with Crippen LogP contribution in [-0.4, -0.2) is 45.8 Å². The molecular formula is C10H14N4O2. The Morgan fingerprint density at radius 3 is 3.06 bits per heavy atom. The fourth-order valence-corrected chi connectivity index (χ4v) is 1.89. The molecule has 6 nitrogen and oxygen atoms in total. The van der Waals surface area contributed by atoms with Gasteiger partial charge in [0.2, 0.25) is 5.91 Å². The number of carbonyl (C=O) groups is 2. The zero-order valence-corrected chi connectivity index (χ0v) is 9.06. The number of likely N-dealkylation sites (tertiary alicyclic amines) is 1. The molecule has 0 aromatic carbocycles. The van der Waals surface area contributed by atoms with Crippen LogP contribution in [0, 0.1) is 0 Å². The molecule has 2 N–H and O–H groups in total. The first-order valence-corrected chi connectivity index (χ1v) is 5.22. The van der Waals surface area contributed by atoms with E-state index in [4.69, 9.17) is 0 Å². The number of H-pyrrole nitrogens is 1. The monoisotopic (exact) mass is 222 g/mol. The molecule has 0 bridgehead atoms. The summed E-state index contributed by atoms with van der Waals surface area (Å²) in [6.45, 7) is 2.71. The zero-order valence-electron chi connectivity index (χ0n) is 9.06. The number of imidazole rings is 1. The Morgan fingerprint density at radius 1 is 1.62 bits per heavy atom. The highest BCUT2D eigenvalue weighted by atomic mass is 16.2. The van der Waals surface area contributed by atoms with Gasteiger partial charge in [-0.1, -0.05) is 0 Å². The molecule has 2 amide bonds. The highest BCUT2D eigenvalue weighted by Crippen LogP contribution is 2.12. The van der Waals surface area contributed by atoms with Gasteiger partial charge in [0.05, 0.1) is 6.33 Å². The maximum Gasteiger partial charge on any atom is 0.274 e. The third-order valence-corrected chi connectivity index (χ3v) is 2.60. The number of nitrogens with zero attached hydrogens (tertiary/aromatic N) is 2. The molecule has 1 aromatic heterocycles. The van der Waals surface area contributed by atoms with Crippen molar-refractivity contribution in [3.8, 4) is 0 Å². The normalized spacial score (nSPS) is 19.8. The van der Waals surface area contributed by atoms with Gasteiger partial charge < -0.3 is 15.2 Å². The number of nitrogens with one attached hydrogen (secondary N) is 2. The molecule has 6 heteroatoms. The number of hydrogen-bond acceptors (Lipinski definition) is 3. The van der Waals surface area contributed by atoms with Gasteiger partial charge in [0.15, 0.2) is 0 Å². The van der Waals surface area contributed by atoms with Gasteiger partial charge in [0.1, 0.15) is 5.69 Å². The minimum absolute atomic E-state index is 0.0564. The van der Waals surface area contributed by atoms with E-state index >= 15 is 0 Å². The number of rotatable bonds is 2. The number of hydrogen-bond donors (Lipinski definition) is 2. The van der Waals surface area contributed by atoms with Crippen molar-refractivity contribution in [1.82, 2.24) is 20.2 Å². The minimum Gasteiger partial charge on any atom is -0.352 e. The molecule has 1 aromatic rings. The van der Waals surface area contributed by atoms with Crippen molar-refractivity contribution in [3.05, 3.63) is 18.2 Å². The van der Waals surface area contributed by atoms with E-state index in [2.05, 4.69) is 15.3 Å². The van der Waals surface area contributed by atoms with E-state index < -0.39 is 0 Å². The predicted molar refractivity (Wildman–Crippen MR) is 56.7 cm³/mol. The van der Waals surface area contributed by atoms with Crippen molar-refractivity contribution in [2.45, 2.75) is 19.4 Å². The van der Waals surface area contributed by atoms with Crippen molar-refractivity contribution in [3.63, 3.8) is 0 Å². The van der Waals surface area contributed by atoms with E-state index in [1.807, 2.05) is 0 Å². The van der Waals surface area contributed by atoms with Crippen LogP contribution in [0.2, 0.25) is 0 Å². The lowest BCUT2D eigenvalue weighted by molar-refractivity contribution is -0.119. The minimum atomic E-state index is -0.0888. The number of aromatic amines is 1. The van der Waals surface area contributed by atoms with Gasteiger partial charge in [-0.15, -0.1) is 0 Å². The lowest BCUT2D eigenvalue weighted by Crippen LogP contribution is -2.37. The number of aromatic nitrogens is 2. The average molecular weight is 222 g/mol. The summed E-state index contributed by atoms with van der Waals surface area (Å²) in [5.74, 6) is -0.145. The summed E-state index contributed by atoms with van der Waals surface area (Å²) in [4.78, 5) is 31.1. The highest BCUT2D eigenvalue weighted by molar-refractivity contribution is 5.92. The average Bonchev–Trinajstić information content (AvgIpc) is 2.84. The predicted octanol–water partition coefficient (Wildman–Crippen LogP) is -0.240. The fraction of sp³-hybridized carbons (Fsp3) is 0.500. The van der Waals surface area contributed by atoms with Crippen molar-refractivity contribution < 1.29 is 9.59 Å². The van der Waals surface area contributed by atoms with Gasteiger partial charge in [-0.3, -0.25) is 9.59 Å². The van der Waals surface area contributed by atoms with Gasteiger partial charge in [-0.25, -0.2) is 4.98 Å². The molecule has 1 fully saturated rings. The second kappa shape index (κ2) is 4.34. The zero-order chi connectivity index (χ0) is 11.5. The molecular weight excluding hydrogens is 208 g/mol. The molecule has 86 valence electrons. The summed E-state index contributed by atoms with van der Waals surface area (Å²) in [5.41, 5.74) is 0.420. The first kappa shape index (κ1) is 10.7. The Labute approximate surface area is 93.0 Å². The van der Waals surface area contributed by atoms with E-state index in [-0.39, 0.29) is 17.9 Å². The Morgan fingerprint density at radius 2 is 2.44 bits per heavy atom. The SMILES string of the molecule is CC(=O)NC1CCN(C(=O)c2c[nH]cn2)C1. The molecule has 2 heterocycles. The molecule has 2 rings (SSSR count). The molecule has 1 atom stereocenters. The van der Waals surface area contributed by atoms with E-state index in [9.17, 15) is 9.59 Å². The van der Waals surface area contributed by atoms with Crippen molar-refractivity contribution in [2.75, 3.05) is 13.1 Å². The quantitative estimate of drug-likeness (QED) is 0.725. The van der Waals surface area contributed by atoms with Crippen LogP contribution >= 0.6 is 0 Å². The maximum atomic E-state index is 11.9. The van der Waals surface area contributed by atoms with Crippen LogP contribution in [0.3, 0.4) is 0 Å². The third kappa shape index (κ3) is 2.21. The Balaban J connectivity index is 1.94. The van der Waals surface area contributed by atoms with Gasteiger partial charge in [-0.05, 0) is 6.42 Å². The molecule has 0 saturated carbocycles. The Bertz CT molecular complexity index is 388. The van der Waals surface area contributed by atoms with Gasteiger partial charge in [-0.2, -0.15) is 0 Å². The van der Waals surface area contributed by atoms with Gasteiger partial charge in [0, 0.05) is 32.3 Å². The second-order valence-corrected chi connectivity index (χ2v) is 3.89. The van der Waals surface area contributed by atoms with Crippen molar-refractivity contribution in [1.29, 1.82) is 0 Å². The summed E-state index contributed by atoms with van der Waals surface area (Å²) < 4.78 is 0. The molecule has 0 aliphatic carbocycles. The van der Waals surface area contributed by atoms with Crippen LogP contribution in [0.15, 0.2) is 12.5 Å². The van der Waals surface area contributed by atoms with Gasteiger partial charge >= 0.3 is 0 Å². The van der Waals surface area contributed by atoms with Crippen LogP contribution < -0.4 is 5.32 Å². The van der Waals surface area contributed by atoms with E-state index in [1.165, 1.54) is 13.3 Å². The lowest BCUT2D eigenvalue weighted by Gasteiger charge is -2.15. The van der Waals surface area contributed by atoms with Crippen LogP contribution in [-0.2, 0) is 4.79 Å². The molecule has 1 unspecified atom stereocenters. The molecule has 1 saturated heterocycles. The molecule has 1 aliphatic rings. The Kier molecular flexibility index (Phi) is 2.89. The number of amides is 2. The van der Waals surface area contributed by atoms with Crippen LogP contribution in [0.25, 0.3) is 0 Å². The third-order valence-electron chi connectivity index (χ3n) is 2.60. The van der Waals surface area contributed by atoms with Crippen molar-refractivity contribution in [2.24, 2.45) is 0 Å². The summed E-state index contributed by atoms with van der Waals surface area (Å²) in [7, 11) is 0. The fourth-order valence-electron chi connectivity index (χ4n) is 1.89. The Hall–Kier alpha value is -1.85. The number of carbonyl (C=O) groups excluding carboxylic acids is 2.